The van der Waals surface area contributed by atoms with Crippen molar-refractivity contribution >= 4 is 17.6 Å². The minimum Gasteiger partial charge on any atom is -0.466 e. The van der Waals surface area contributed by atoms with E-state index in [1.807, 2.05) is 0 Å². The fraction of sp³-hybridized carbons (Fsp3) is 0.990. The molecule has 0 bridgehead atoms. The van der Waals surface area contributed by atoms with E-state index in [1.165, 1.54) is 405 Å². The van der Waals surface area contributed by atoms with Crippen LogP contribution >= 0.6 is 11.6 Å². The van der Waals surface area contributed by atoms with Crippen LogP contribution in [0.5, 0.6) is 0 Å². The highest BCUT2D eigenvalue weighted by atomic mass is 35.5. The van der Waals surface area contributed by atoms with Crippen LogP contribution in [0.1, 0.15) is 528 Å². The number of hydrogen-bond acceptors (Lipinski definition) is 3. The first kappa shape index (κ1) is 101. The van der Waals surface area contributed by atoms with Gasteiger partial charge in [-0.05, 0) is 103 Å². The summed E-state index contributed by atoms with van der Waals surface area (Å²) in [6, 6.07) is 0. The summed E-state index contributed by atoms with van der Waals surface area (Å²) in [4.78, 5) is 15.4. The van der Waals surface area contributed by atoms with Gasteiger partial charge in [-0.15, -0.1) is 11.6 Å². The highest BCUT2D eigenvalue weighted by molar-refractivity contribution is 6.18. The van der Waals surface area contributed by atoms with Gasteiger partial charge in [-0.2, -0.15) is 0 Å². The Labute approximate surface area is 645 Å². The third-order valence-electron chi connectivity index (χ3n) is 27.0. The zero-order valence-electron chi connectivity index (χ0n) is 72.9. The van der Waals surface area contributed by atoms with Gasteiger partial charge in [0.15, 0.2) is 0 Å². The van der Waals surface area contributed by atoms with Gasteiger partial charge >= 0.3 is 5.97 Å². The molecule has 3 nitrogen and oxygen atoms in total. The Hall–Kier alpha value is -0.280. The van der Waals surface area contributed by atoms with Crippen LogP contribution in [0.25, 0.3) is 0 Å². The molecule has 4 heteroatoms. The summed E-state index contributed by atoms with van der Waals surface area (Å²) >= 11 is 6.77. The molecule has 0 amide bonds. The second-order valence-corrected chi connectivity index (χ2v) is 35.6. The summed E-state index contributed by atoms with van der Waals surface area (Å²) in [5.74, 6) is 5.49. The number of esters is 1. The normalized spacial score (nSPS) is 16.0. The molecule has 0 saturated heterocycles. The first-order chi connectivity index (χ1) is 49.3. The van der Waals surface area contributed by atoms with E-state index in [-0.39, 0.29) is 22.2 Å². The van der Waals surface area contributed by atoms with Gasteiger partial charge in [0.05, 0.1) is 6.61 Å². The Bertz CT molecular complexity index is 1580. The van der Waals surface area contributed by atoms with Crippen molar-refractivity contribution < 1.29 is 9.53 Å². The molecule has 0 N–H and O–H groups in total. The molecular weight excluding hydrogens is 1250 g/mol. The highest BCUT2D eigenvalue weighted by Gasteiger charge is 2.71. The Morgan fingerprint density at radius 2 is 0.515 bits per heavy atom. The number of carbonyl (C=O) groups is 1. The van der Waals surface area contributed by atoms with Crippen LogP contribution < -0.4 is 0 Å². The molecular formula is C97H194ClNO2. The van der Waals surface area contributed by atoms with Crippen molar-refractivity contribution in [2.45, 2.75) is 528 Å². The number of rotatable bonds is 82. The molecule has 0 aliphatic heterocycles. The van der Waals surface area contributed by atoms with Crippen LogP contribution in [0.2, 0.25) is 0 Å². The number of hydrogen-bond donors (Lipinski definition) is 0. The van der Waals surface area contributed by atoms with Gasteiger partial charge < -0.3 is 9.64 Å². The monoisotopic (exact) mass is 1440 g/mol. The van der Waals surface area contributed by atoms with Crippen LogP contribution in [0.15, 0.2) is 0 Å². The molecule has 0 aliphatic rings. The van der Waals surface area contributed by atoms with Gasteiger partial charge in [-0.25, -0.2) is 0 Å². The number of ether oxygens (including phenoxy) is 1. The van der Waals surface area contributed by atoms with E-state index in [0.29, 0.717) is 54.5 Å². The van der Waals surface area contributed by atoms with E-state index in [1.54, 1.807) is 0 Å². The number of carbonyl (C=O) groups excluding carboxylic acids is 1. The molecule has 0 fully saturated rings. The van der Waals surface area contributed by atoms with Gasteiger partial charge in [-0.1, -0.05) is 489 Å². The molecule has 0 aromatic carbocycles. The highest BCUT2D eigenvalue weighted by Crippen LogP contribution is 2.77. The summed E-state index contributed by atoms with van der Waals surface area (Å²) in [5, 5.41) is 0. The topological polar surface area (TPSA) is 29.5 Å². The predicted molar refractivity (Wildman–Crippen MR) is 460 cm³/mol. The lowest BCUT2D eigenvalue weighted by Gasteiger charge is -2.75. The van der Waals surface area contributed by atoms with Gasteiger partial charge in [0, 0.05) is 18.8 Å². The van der Waals surface area contributed by atoms with Crippen LogP contribution in [-0.4, -0.2) is 43.0 Å². The molecule has 0 rings (SSSR count). The molecule has 0 aromatic heterocycles. The second-order valence-electron chi connectivity index (χ2n) is 35.2. The van der Waals surface area contributed by atoms with Crippen LogP contribution in [0.3, 0.4) is 0 Å². The summed E-state index contributed by atoms with van der Waals surface area (Å²) in [7, 11) is 0. The lowest BCUT2D eigenvalue weighted by Crippen LogP contribution is -2.70. The molecule has 0 aliphatic carbocycles. The van der Waals surface area contributed by atoms with E-state index < -0.39 is 0 Å². The number of alkyl halides is 1. The number of halogens is 1. The molecule has 606 valence electrons. The fourth-order valence-corrected chi connectivity index (χ4v) is 21.7. The Kier molecular flexibility index (Phi) is 71.1. The SMILES string of the molecule is CCCCCCCCCOC(=O)CCCCCCCN(CCCl)CCCCCC(C(C)CCCCCCCC)(C(C)CCCCCCCC)C(C(C)CCCCCCCC)(C(C)CCCCCCCC)C(C(C)CCCCCCCC)(C(C)CCCCCCCC)C(C)CCCCCCCC. The van der Waals surface area contributed by atoms with Gasteiger partial charge in [0.2, 0.25) is 0 Å². The molecule has 0 aromatic rings. The Balaban J connectivity index is 8.83. The fourth-order valence-electron chi connectivity index (χ4n) is 21.5. The average Bonchev–Trinajstić information content (AvgIpc) is 0.675. The maximum atomic E-state index is 12.6. The zero-order chi connectivity index (χ0) is 74.6. The molecule has 0 spiro atoms. The van der Waals surface area contributed by atoms with Crippen molar-refractivity contribution in [2.24, 2.45) is 57.7 Å². The number of nitrogens with zero attached hydrogens (tertiary/aromatic N) is 1. The maximum Gasteiger partial charge on any atom is 0.305 e. The second kappa shape index (κ2) is 71.3. The van der Waals surface area contributed by atoms with Crippen molar-refractivity contribution in [3.63, 3.8) is 0 Å². The standard InChI is InChI=1S/C97H194ClNO2/c1-16-24-32-40-48-59-72-86-101-94(100)80-68-57-49-58-70-83-99(85-82-98)84-71-60-69-81-95(87(9)73-61-50-41-33-25-17-2,88(10)74-62-51-42-34-26-18-3)97(92(14)78-66-55-46-38-30-22-7,93(15)79-67-56-47-39-31-23-8)96(89(11)75-63-52-43-35-27-19-4,90(12)76-64-53-44-36-28-20-5)91(13)77-65-54-45-37-29-21-6/h87-93H,16-86H2,1-15H3. The van der Waals surface area contributed by atoms with Crippen molar-refractivity contribution in [1.29, 1.82) is 0 Å². The van der Waals surface area contributed by atoms with Crippen molar-refractivity contribution in [3.05, 3.63) is 0 Å². The summed E-state index contributed by atoms with van der Waals surface area (Å²) < 4.78 is 5.67. The summed E-state index contributed by atoms with van der Waals surface area (Å²) in [5.41, 5.74) is 0.604. The van der Waals surface area contributed by atoms with E-state index >= 15 is 0 Å². The lowest BCUT2D eigenvalue weighted by atomic mass is 9.29. The van der Waals surface area contributed by atoms with Gasteiger partial charge in [-0.3, -0.25) is 4.79 Å². The first-order valence-corrected chi connectivity index (χ1v) is 48.2. The first-order valence-electron chi connectivity index (χ1n) is 47.7. The van der Waals surface area contributed by atoms with Crippen LogP contribution in [0.4, 0.5) is 0 Å². The van der Waals surface area contributed by atoms with E-state index in [0.717, 1.165) is 38.2 Å². The maximum absolute atomic E-state index is 12.6. The quantitative estimate of drug-likeness (QED) is 0.0345. The van der Waals surface area contributed by atoms with Crippen LogP contribution in [-0.2, 0) is 9.53 Å². The molecule has 0 saturated carbocycles. The Morgan fingerprint density at radius 1 is 0.277 bits per heavy atom. The zero-order valence-corrected chi connectivity index (χ0v) is 73.6. The largest absolute Gasteiger partial charge is 0.466 e. The van der Waals surface area contributed by atoms with E-state index in [9.17, 15) is 4.79 Å². The minimum atomic E-state index is 0.0191. The van der Waals surface area contributed by atoms with Crippen molar-refractivity contribution in [3.8, 4) is 0 Å². The number of unbranched alkanes of at least 4 members (excludes halogenated alkanes) is 47. The molecule has 7 atom stereocenters. The van der Waals surface area contributed by atoms with Gasteiger partial charge in [0.25, 0.3) is 0 Å². The molecule has 0 radical (unpaired) electrons. The third kappa shape index (κ3) is 43.6. The predicted octanol–water partition coefficient (Wildman–Crippen LogP) is 34.4. The minimum absolute atomic E-state index is 0.0191. The van der Waals surface area contributed by atoms with E-state index in [4.69, 9.17) is 16.3 Å². The lowest BCUT2D eigenvalue weighted by molar-refractivity contribution is -0.275. The summed E-state index contributed by atoms with van der Waals surface area (Å²) in [6.45, 7) is 44.3. The summed E-state index contributed by atoms with van der Waals surface area (Å²) in [6.07, 6.45) is 89.6. The third-order valence-corrected chi connectivity index (χ3v) is 27.2. The average molecular weight is 1440 g/mol. The molecule has 0 heterocycles. The molecule has 7 unspecified atom stereocenters. The smallest absolute Gasteiger partial charge is 0.305 e. The van der Waals surface area contributed by atoms with E-state index in [2.05, 4.69) is 109 Å². The Morgan fingerprint density at radius 3 is 0.812 bits per heavy atom. The molecule has 101 heavy (non-hydrogen) atoms. The van der Waals surface area contributed by atoms with Crippen LogP contribution in [0, 0.1) is 57.7 Å². The van der Waals surface area contributed by atoms with Crippen molar-refractivity contribution in [2.75, 3.05) is 32.1 Å². The van der Waals surface area contributed by atoms with Crippen molar-refractivity contribution in [1.82, 2.24) is 4.90 Å². The van der Waals surface area contributed by atoms with Gasteiger partial charge in [0.1, 0.15) is 0 Å².